The maximum atomic E-state index is 12.6. The molecule has 0 saturated heterocycles. The highest BCUT2D eigenvalue weighted by Crippen LogP contribution is 2.41. The Kier molecular flexibility index (Phi) is 5.65. The molecule has 0 aromatic heterocycles. The van der Waals surface area contributed by atoms with E-state index in [4.69, 9.17) is 5.73 Å². The van der Waals surface area contributed by atoms with Crippen LogP contribution in [0.5, 0.6) is 0 Å². The van der Waals surface area contributed by atoms with Crippen LogP contribution in [0.15, 0.2) is 42.5 Å². The molecule has 2 bridgehead atoms. The van der Waals surface area contributed by atoms with Crippen LogP contribution < -0.4 is 11.1 Å². The number of nitrogens with two attached hydrogens (primary N) is 1. The molecule has 2 aliphatic carbocycles. The molecule has 0 spiro atoms. The topological polar surface area (TPSA) is 55.1 Å². The van der Waals surface area contributed by atoms with Crippen molar-refractivity contribution in [3.05, 3.63) is 48.0 Å². The molecule has 2 aromatic carbocycles. The molecule has 3 N–H and O–H groups in total. The lowest BCUT2D eigenvalue weighted by Gasteiger charge is -2.43. The minimum Gasteiger partial charge on any atom is -0.352 e. The normalized spacial score (nSPS) is 28.2. The Morgan fingerprint density at radius 1 is 1.04 bits per heavy atom. The lowest BCUT2D eigenvalue weighted by molar-refractivity contribution is -0.128. The van der Waals surface area contributed by atoms with E-state index >= 15 is 0 Å². The van der Waals surface area contributed by atoms with Gasteiger partial charge in [-0.2, -0.15) is 0 Å². The van der Waals surface area contributed by atoms with Gasteiger partial charge in [0.1, 0.15) is 0 Å². The summed E-state index contributed by atoms with van der Waals surface area (Å²) < 4.78 is 0. The number of carbonyl (C=O) groups excluding carboxylic acids is 1. The van der Waals surface area contributed by atoms with E-state index in [1.807, 2.05) is 0 Å². The Balaban J connectivity index is 0.00000182. The molecule has 2 fully saturated rings. The number of rotatable bonds is 3. The molecule has 1 amide bonds. The van der Waals surface area contributed by atoms with E-state index in [-0.39, 0.29) is 24.2 Å². The van der Waals surface area contributed by atoms with Crippen LogP contribution in [-0.2, 0) is 11.3 Å². The van der Waals surface area contributed by atoms with E-state index in [0.717, 1.165) is 18.4 Å². The second-order valence-corrected chi connectivity index (χ2v) is 7.60. The van der Waals surface area contributed by atoms with Gasteiger partial charge < -0.3 is 11.1 Å². The van der Waals surface area contributed by atoms with Crippen molar-refractivity contribution in [3.63, 3.8) is 0 Å². The first kappa shape index (κ1) is 18.2. The predicted octanol–water partition coefficient (Wildman–Crippen LogP) is 4.03. The average molecular weight is 359 g/mol. The van der Waals surface area contributed by atoms with Gasteiger partial charge in [0.15, 0.2) is 0 Å². The molecule has 2 aliphatic rings. The fraction of sp³-hybridized carbons (Fsp3) is 0.476. The van der Waals surface area contributed by atoms with Crippen molar-refractivity contribution < 1.29 is 4.79 Å². The summed E-state index contributed by atoms with van der Waals surface area (Å²) in [6.45, 7) is 0.613. The minimum atomic E-state index is 0. The molecule has 0 heterocycles. The molecule has 4 heteroatoms. The van der Waals surface area contributed by atoms with Crippen molar-refractivity contribution in [1.29, 1.82) is 0 Å². The van der Waals surface area contributed by atoms with Gasteiger partial charge in [-0.05, 0) is 59.9 Å². The first-order chi connectivity index (χ1) is 11.7. The van der Waals surface area contributed by atoms with Crippen molar-refractivity contribution in [1.82, 2.24) is 5.32 Å². The standard InChI is InChI=1S/C21H26N2O.ClH/c22-20-17-6-3-7-18(20)12-19(11-17)21(24)23-13-14-8-9-15-4-1-2-5-16(15)10-14;/h1-2,4-5,8-10,17-20H,3,6-7,11-13,22H2,(H,23,24);1H. The molecular formula is C21H27ClN2O. The van der Waals surface area contributed by atoms with Gasteiger partial charge in [-0.15, -0.1) is 12.4 Å². The molecule has 134 valence electrons. The highest BCUT2D eigenvalue weighted by molar-refractivity contribution is 5.85. The third kappa shape index (κ3) is 3.83. The van der Waals surface area contributed by atoms with Crippen LogP contribution in [0.2, 0.25) is 0 Å². The van der Waals surface area contributed by atoms with Crippen LogP contribution in [0.3, 0.4) is 0 Å². The molecule has 2 unspecified atom stereocenters. The van der Waals surface area contributed by atoms with E-state index in [1.165, 1.54) is 30.0 Å². The van der Waals surface area contributed by atoms with E-state index in [2.05, 4.69) is 47.8 Å². The minimum absolute atomic E-state index is 0. The summed E-state index contributed by atoms with van der Waals surface area (Å²) in [6, 6.07) is 15.1. The van der Waals surface area contributed by atoms with Crippen molar-refractivity contribution in [2.75, 3.05) is 0 Å². The molecular weight excluding hydrogens is 332 g/mol. The fourth-order valence-electron chi connectivity index (χ4n) is 4.69. The number of benzene rings is 2. The number of hydrogen-bond donors (Lipinski definition) is 2. The monoisotopic (exact) mass is 358 g/mol. The molecule has 25 heavy (non-hydrogen) atoms. The van der Waals surface area contributed by atoms with Gasteiger partial charge in [0.25, 0.3) is 0 Å². The Labute approximate surface area is 155 Å². The van der Waals surface area contributed by atoms with Gasteiger partial charge in [-0.3, -0.25) is 4.79 Å². The SMILES string of the molecule is Cl.NC1C2CCCC1CC(C(=O)NCc1ccc3ccccc3c1)C2. The Bertz CT molecular complexity index is 734. The molecule has 3 nitrogen and oxygen atoms in total. The molecule has 2 aromatic rings. The zero-order chi connectivity index (χ0) is 16.5. The quantitative estimate of drug-likeness (QED) is 0.870. The molecule has 2 saturated carbocycles. The van der Waals surface area contributed by atoms with Crippen molar-refractivity contribution in [2.45, 2.75) is 44.7 Å². The molecule has 0 radical (unpaired) electrons. The van der Waals surface area contributed by atoms with Gasteiger partial charge in [0, 0.05) is 18.5 Å². The van der Waals surface area contributed by atoms with Gasteiger partial charge in [-0.25, -0.2) is 0 Å². The number of fused-ring (bicyclic) bond motifs is 3. The Hall–Kier alpha value is -1.58. The number of nitrogens with one attached hydrogen (secondary N) is 1. The van der Waals surface area contributed by atoms with Gasteiger partial charge in [-0.1, -0.05) is 42.8 Å². The first-order valence-corrected chi connectivity index (χ1v) is 9.21. The van der Waals surface area contributed by atoms with Crippen LogP contribution in [0.4, 0.5) is 0 Å². The van der Waals surface area contributed by atoms with Gasteiger partial charge in [0.05, 0.1) is 0 Å². The predicted molar refractivity (Wildman–Crippen MR) is 105 cm³/mol. The van der Waals surface area contributed by atoms with Crippen LogP contribution in [0.1, 0.15) is 37.7 Å². The first-order valence-electron chi connectivity index (χ1n) is 9.21. The summed E-state index contributed by atoms with van der Waals surface area (Å²) >= 11 is 0. The highest BCUT2D eigenvalue weighted by Gasteiger charge is 2.40. The molecule has 4 rings (SSSR count). The van der Waals surface area contributed by atoms with E-state index in [1.54, 1.807) is 0 Å². The summed E-state index contributed by atoms with van der Waals surface area (Å²) in [4.78, 5) is 12.6. The zero-order valence-corrected chi connectivity index (χ0v) is 15.3. The van der Waals surface area contributed by atoms with Crippen LogP contribution in [0.25, 0.3) is 10.8 Å². The molecule has 2 atom stereocenters. The van der Waals surface area contributed by atoms with Crippen molar-refractivity contribution in [2.24, 2.45) is 23.5 Å². The lowest BCUT2D eigenvalue weighted by atomic mass is 9.65. The largest absolute Gasteiger partial charge is 0.352 e. The number of amides is 1. The number of hydrogen-bond acceptors (Lipinski definition) is 2. The van der Waals surface area contributed by atoms with E-state index in [0.29, 0.717) is 24.4 Å². The summed E-state index contributed by atoms with van der Waals surface area (Å²) in [6.07, 6.45) is 5.63. The second-order valence-electron chi connectivity index (χ2n) is 7.60. The highest BCUT2D eigenvalue weighted by atomic mass is 35.5. The Morgan fingerprint density at radius 3 is 2.44 bits per heavy atom. The van der Waals surface area contributed by atoms with Crippen LogP contribution in [-0.4, -0.2) is 11.9 Å². The van der Waals surface area contributed by atoms with Crippen LogP contribution in [0, 0.1) is 17.8 Å². The smallest absolute Gasteiger partial charge is 0.223 e. The van der Waals surface area contributed by atoms with Gasteiger partial charge in [0.2, 0.25) is 5.91 Å². The Morgan fingerprint density at radius 2 is 1.72 bits per heavy atom. The number of carbonyl (C=O) groups is 1. The summed E-state index contributed by atoms with van der Waals surface area (Å²) in [5, 5.41) is 5.62. The fourth-order valence-corrected chi connectivity index (χ4v) is 4.69. The second kappa shape index (κ2) is 7.76. The molecule has 0 aliphatic heterocycles. The maximum Gasteiger partial charge on any atom is 0.223 e. The summed E-state index contributed by atoms with van der Waals surface area (Å²) in [5.74, 6) is 1.47. The third-order valence-electron chi connectivity index (χ3n) is 6.06. The lowest BCUT2D eigenvalue weighted by Crippen LogP contribution is -2.49. The maximum absolute atomic E-state index is 12.6. The summed E-state index contributed by atoms with van der Waals surface area (Å²) in [7, 11) is 0. The van der Waals surface area contributed by atoms with E-state index < -0.39 is 0 Å². The van der Waals surface area contributed by atoms with Crippen LogP contribution >= 0.6 is 12.4 Å². The van der Waals surface area contributed by atoms with E-state index in [9.17, 15) is 4.79 Å². The average Bonchev–Trinajstić information content (AvgIpc) is 2.59. The summed E-state index contributed by atoms with van der Waals surface area (Å²) in [5.41, 5.74) is 7.49. The third-order valence-corrected chi connectivity index (χ3v) is 6.06. The van der Waals surface area contributed by atoms with Gasteiger partial charge >= 0.3 is 0 Å². The number of halogens is 1. The zero-order valence-electron chi connectivity index (χ0n) is 14.5. The van der Waals surface area contributed by atoms with Crippen molar-refractivity contribution >= 4 is 29.1 Å². The van der Waals surface area contributed by atoms with Crippen molar-refractivity contribution in [3.8, 4) is 0 Å².